The summed E-state index contributed by atoms with van der Waals surface area (Å²) in [6.45, 7) is 5.99. The van der Waals surface area contributed by atoms with Gasteiger partial charge < -0.3 is 14.7 Å². The molecule has 8 nitrogen and oxygen atoms in total. The van der Waals surface area contributed by atoms with E-state index in [1.807, 2.05) is 25.8 Å². The number of anilines is 1. The number of hydrogen-bond donors (Lipinski definition) is 1. The number of sulfone groups is 1. The highest BCUT2D eigenvalue weighted by Gasteiger charge is 2.26. The number of aromatic nitrogens is 3. The minimum atomic E-state index is -3.38. The molecule has 3 heterocycles. The highest BCUT2D eigenvalue weighted by Crippen LogP contribution is 2.29. The maximum Gasteiger partial charge on any atom is 0.225 e. The van der Waals surface area contributed by atoms with E-state index < -0.39 is 9.84 Å². The molecule has 1 aliphatic heterocycles. The van der Waals surface area contributed by atoms with Gasteiger partial charge in [-0.25, -0.2) is 18.4 Å². The number of rotatable bonds is 5. The lowest BCUT2D eigenvalue weighted by molar-refractivity contribution is 0.392. The van der Waals surface area contributed by atoms with Gasteiger partial charge in [0.05, 0.1) is 24.1 Å². The second-order valence-corrected chi connectivity index (χ2v) is 8.88. The van der Waals surface area contributed by atoms with E-state index in [9.17, 15) is 8.42 Å². The van der Waals surface area contributed by atoms with Crippen molar-refractivity contribution in [2.24, 2.45) is 0 Å². The van der Waals surface area contributed by atoms with Gasteiger partial charge in [0.15, 0.2) is 9.84 Å². The predicted octanol–water partition coefficient (Wildman–Crippen LogP) is 1.59. The summed E-state index contributed by atoms with van der Waals surface area (Å²) in [6.07, 6.45) is 4.56. The summed E-state index contributed by atoms with van der Waals surface area (Å²) >= 11 is 0. The third-order valence-electron chi connectivity index (χ3n) is 4.77. The molecule has 0 spiro atoms. The van der Waals surface area contributed by atoms with E-state index in [-0.39, 0.29) is 10.8 Å². The van der Waals surface area contributed by atoms with Gasteiger partial charge in [0, 0.05) is 31.3 Å². The molecular weight excluding hydrogens is 354 g/mol. The van der Waals surface area contributed by atoms with Gasteiger partial charge in [-0.1, -0.05) is 5.16 Å². The second-order valence-electron chi connectivity index (χ2n) is 6.89. The Kier molecular flexibility index (Phi) is 5.29. The van der Waals surface area contributed by atoms with Crippen molar-refractivity contribution in [3.8, 4) is 0 Å². The third kappa shape index (κ3) is 3.88. The predicted molar refractivity (Wildman–Crippen MR) is 98.1 cm³/mol. The van der Waals surface area contributed by atoms with Crippen molar-refractivity contribution in [2.75, 3.05) is 31.3 Å². The molecule has 1 atom stereocenters. The molecule has 0 saturated carbocycles. The Labute approximate surface area is 153 Å². The number of aryl methyl sites for hydroxylation is 2. The number of hydrogen-bond acceptors (Lipinski definition) is 8. The molecule has 1 fully saturated rings. The van der Waals surface area contributed by atoms with Crippen LogP contribution in [0.3, 0.4) is 0 Å². The summed E-state index contributed by atoms with van der Waals surface area (Å²) in [5.41, 5.74) is 2.43. The molecule has 2 aromatic heterocycles. The van der Waals surface area contributed by atoms with Gasteiger partial charge in [-0.15, -0.1) is 0 Å². The molecule has 142 valence electrons. The highest BCUT2D eigenvalue weighted by molar-refractivity contribution is 7.90. The maximum absolute atomic E-state index is 12.2. The minimum Gasteiger partial charge on any atom is -0.361 e. The topological polar surface area (TPSA) is 101 Å². The number of piperidine rings is 1. The maximum atomic E-state index is 12.2. The highest BCUT2D eigenvalue weighted by atomic mass is 32.2. The molecule has 26 heavy (non-hydrogen) atoms. The van der Waals surface area contributed by atoms with E-state index in [0.29, 0.717) is 18.2 Å². The fourth-order valence-corrected chi connectivity index (χ4v) is 4.09. The average molecular weight is 379 g/mol. The molecule has 1 N–H and O–H groups in total. The van der Waals surface area contributed by atoms with Crippen LogP contribution in [0.15, 0.2) is 15.6 Å². The number of nitrogens with zero attached hydrogens (tertiary/aromatic N) is 4. The molecule has 0 radical (unpaired) electrons. The molecule has 2 aromatic rings. The average Bonchev–Trinajstić information content (AvgIpc) is 2.93. The molecule has 0 amide bonds. The van der Waals surface area contributed by atoms with E-state index in [2.05, 4.69) is 20.4 Å². The zero-order chi connectivity index (χ0) is 18.9. The normalized spacial score (nSPS) is 18.1. The number of nitrogens with one attached hydrogen (secondary N) is 1. The van der Waals surface area contributed by atoms with Gasteiger partial charge in [0.25, 0.3) is 0 Å². The molecule has 1 saturated heterocycles. The third-order valence-corrected chi connectivity index (χ3v) is 5.88. The van der Waals surface area contributed by atoms with Crippen LogP contribution in [0, 0.1) is 13.8 Å². The summed E-state index contributed by atoms with van der Waals surface area (Å²) in [4.78, 5) is 11.1. The minimum absolute atomic E-state index is 0.0719. The Morgan fingerprint density at radius 3 is 2.73 bits per heavy atom. The lowest BCUT2D eigenvalue weighted by atomic mass is 9.96. The first-order valence-electron chi connectivity index (χ1n) is 8.68. The smallest absolute Gasteiger partial charge is 0.225 e. The van der Waals surface area contributed by atoms with Crippen LogP contribution in [-0.4, -0.2) is 49.9 Å². The second kappa shape index (κ2) is 7.32. The van der Waals surface area contributed by atoms with Crippen LogP contribution in [0.5, 0.6) is 0 Å². The summed E-state index contributed by atoms with van der Waals surface area (Å²) in [5.74, 6) is 1.33. The SMILES string of the molecule is Cc1noc(C)c1CN(C)c1ncc(S(C)(=O)=O)c([C@H]2CCCNC2)n1. The van der Waals surface area contributed by atoms with Crippen LogP contribution in [0.25, 0.3) is 0 Å². The summed E-state index contributed by atoms with van der Waals surface area (Å²) in [5, 5.41) is 7.29. The van der Waals surface area contributed by atoms with Crippen molar-refractivity contribution in [2.45, 2.75) is 44.0 Å². The Balaban J connectivity index is 1.95. The van der Waals surface area contributed by atoms with E-state index in [0.717, 1.165) is 42.9 Å². The van der Waals surface area contributed by atoms with Crippen molar-refractivity contribution >= 4 is 15.8 Å². The van der Waals surface area contributed by atoms with E-state index in [1.54, 1.807) is 0 Å². The quantitative estimate of drug-likeness (QED) is 0.836. The Morgan fingerprint density at radius 2 is 2.15 bits per heavy atom. The van der Waals surface area contributed by atoms with Gasteiger partial charge in [-0.3, -0.25) is 0 Å². The Morgan fingerprint density at radius 1 is 1.38 bits per heavy atom. The Bertz CT molecular complexity index is 868. The zero-order valence-electron chi connectivity index (χ0n) is 15.6. The molecule has 3 rings (SSSR count). The van der Waals surface area contributed by atoms with Crippen LogP contribution >= 0.6 is 0 Å². The first kappa shape index (κ1) is 18.8. The monoisotopic (exact) mass is 379 g/mol. The first-order chi connectivity index (χ1) is 12.3. The molecule has 0 aliphatic carbocycles. The van der Waals surface area contributed by atoms with E-state index in [1.165, 1.54) is 12.5 Å². The van der Waals surface area contributed by atoms with Gasteiger partial charge in [-0.05, 0) is 33.2 Å². The van der Waals surface area contributed by atoms with Crippen LogP contribution in [0.4, 0.5) is 5.95 Å². The molecular formula is C17H25N5O3S. The lowest BCUT2D eigenvalue weighted by Crippen LogP contribution is -2.30. The fraction of sp³-hybridized carbons (Fsp3) is 0.588. The molecule has 9 heteroatoms. The fourth-order valence-electron chi connectivity index (χ4n) is 3.26. The van der Waals surface area contributed by atoms with Crippen molar-refractivity contribution in [1.29, 1.82) is 0 Å². The van der Waals surface area contributed by atoms with E-state index in [4.69, 9.17) is 4.52 Å². The van der Waals surface area contributed by atoms with Gasteiger partial charge in [-0.2, -0.15) is 0 Å². The first-order valence-corrected chi connectivity index (χ1v) is 10.6. The van der Waals surface area contributed by atoms with Crippen molar-refractivity contribution < 1.29 is 12.9 Å². The molecule has 0 bridgehead atoms. The van der Waals surface area contributed by atoms with Gasteiger partial charge in [0.1, 0.15) is 10.7 Å². The standard InChI is InChI=1S/C17H25N5O3S/c1-11-14(12(2)25-21-11)10-22(3)17-19-9-15(26(4,23)24)16(20-17)13-6-5-7-18-8-13/h9,13,18H,5-8,10H2,1-4H3/t13-/m0/s1. The molecule has 0 aromatic carbocycles. The summed E-state index contributed by atoms with van der Waals surface area (Å²) < 4.78 is 29.6. The van der Waals surface area contributed by atoms with Crippen molar-refractivity contribution in [1.82, 2.24) is 20.4 Å². The van der Waals surface area contributed by atoms with Crippen molar-refractivity contribution in [3.05, 3.63) is 28.9 Å². The van der Waals surface area contributed by atoms with Crippen molar-refractivity contribution in [3.63, 3.8) is 0 Å². The summed E-state index contributed by atoms with van der Waals surface area (Å²) in [6, 6.07) is 0. The van der Waals surface area contributed by atoms with Crippen LogP contribution in [0.2, 0.25) is 0 Å². The van der Waals surface area contributed by atoms with Gasteiger partial charge in [0.2, 0.25) is 5.95 Å². The molecule has 1 aliphatic rings. The van der Waals surface area contributed by atoms with E-state index >= 15 is 0 Å². The zero-order valence-corrected chi connectivity index (χ0v) is 16.4. The van der Waals surface area contributed by atoms with Crippen LogP contribution in [0.1, 0.15) is 41.5 Å². The Hall–Kier alpha value is -2.00. The molecule has 0 unspecified atom stereocenters. The summed E-state index contributed by atoms with van der Waals surface area (Å²) in [7, 11) is -1.51. The lowest BCUT2D eigenvalue weighted by Gasteiger charge is -2.25. The van der Waals surface area contributed by atoms with Crippen LogP contribution < -0.4 is 10.2 Å². The van der Waals surface area contributed by atoms with Crippen LogP contribution in [-0.2, 0) is 16.4 Å². The largest absolute Gasteiger partial charge is 0.361 e. The van der Waals surface area contributed by atoms with Gasteiger partial charge >= 0.3 is 0 Å².